The van der Waals surface area contributed by atoms with E-state index in [-0.39, 0.29) is 21.8 Å². The molecule has 0 saturated heterocycles. The standard InChI is InChI=1S/C18H12ClFN2O5/c19-13-7-10(5-6-14(13)20)21-15(23)9-27-16(24)8-22-17(25)11-3-1-2-4-12(11)18(22)26/h1-7H,8-9H2,(H,21,23). The lowest BCUT2D eigenvalue weighted by atomic mass is 10.1. The van der Waals surface area contributed by atoms with Crippen molar-refractivity contribution in [1.82, 2.24) is 4.90 Å². The van der Waals surface area contributed by atoms with Gasteiger partial charge >= 0.3 is 5.97 Å². The zero-order chi connectivity index (χ0) is 19.6. The van der Waals surface area contributed by atoms with E-state index in [4.69, 9.17) is 16.3 Å². The number of amides is 3. The highest BCUT2D eigenvalue weighted by molar-refractivity contribution is 6.31. The highest BCUT2D eigenvalue weighted by Crippen LogP contribution is 2.22. The average Bonchev–Trinajstić information content (AvgIpc) is 2.88. The van der Waals surface area contributed by atoms with Gasteiger partial charge in [0.15, 0.2) is 6.61 Å². The second-order valence-electron chi connectivity index (χ2n) is 5.58. The van der Waals surface area contributed by atoms with Crippen molar-refractivity contribution in [1.29, 1.82) is 0 Å². The van der Waals surface area contributed by atoms with Crippen molar-refractivity contribution in [3.05, 3.63) is 64.4 Å². The minimum absolute atomic E-state index is 0.171. The summed E-state index contributed by atoms with van der Waals surface area (Å²) in [6.07, 6.45) is 0. The molecule has 7 nitrogen and oxygen atoms in total. The number of imide groups is 1. The Bertz CT molecular complexity index is 928. The minimum atomic E-state index is -0.920. The first-order chi connectivity index (χ1) is 12.9. The predicted molar refractivity (Wildman–Crippen MR) is 92.8 cm³/mol. The lowest BCUT2D eigenvalue weighted by molar-refractivity contribution is -0.147. The smallest absolute Gasteiger partial charge is 0.326 e. The molecule has 9 heteroatoms. The molecule has 1 heterocycles. The first-order valence-electron chi connectivity index (χ1n) is 7.72. The number of hydrogen-bond donors (Lipinski definition) is 1. The fourth-order valence-electron chi connectivity index (χ4n) is 2.47. The monoisotopic (exact) mass is 390 g/mol. The van der Waals surface area contributed by atoms with E-state index in [1.165, 1.54) is 24.3 Å². The normalized spacial score (nSPS) is 12.7. The number of ether oxygens (including phenoxy) is 1. The first-order valence-corrected chi connectivity index (χ1v) is 8.10. The Kier molecular flexibility index (Phi) is 5.18. The highest BCUT2D eigenvalue weighted by atomic mass is 35.5. The fraction of sp³-hybridized carbons (Fsp3) is 0.111. The van der Waals surface area contributed by atoms with E-state index in [9.17, 15) is 23.6 Å². The van der Waals surface area contributed by atoms with Gasteiger partial charge in [-0.1, -0.05) is 23.7 Å². The number of anilines is 1. The van der Waals surface area contributed by atoms with Crippen molar-refractivity contribution in [2.75, 3.05) is 18.5 Å². The topological polar surface area (TPSA) is 92.8 Å². The molecule has 0 aliphatic carbocycles. The Balaban J connectivity index is 1.53. The molecule has 1 aliphatic rings. The number of esters is 1. The number of carbonyl (C=O) groups excluding carboxylic acids is 4. The van der Waals surface area contributed by atoms with Gasteiger partial charge in [0, 0.05) is 5.69 Å². The summed E-state index contributed by atoms with van der Waals surface area (Å²) in [5, 5.41) is 2.21. The van der Waals surface area contributed by atoms with Gasteiger partial charge in [0.1, 0.15) is 12.4 Å². The van der Waals surface area contributed by atoms with Crippen molar-refractivity contribution in [3.63, 3.8) is 0 Å². The maximum Gasteiger partial charge on any atom is 0.326 e. The molecule has 138 valence electrons. The van der Waals surface area contributed by atoms with Gasteiger partial charge in [0.25, 0.3) is 17.7 Å². The molecule has 2 aromatic rings. The predicted octanol–water partition coefficient (Wildman–Crippen LogP) is 2.26. The number of halogens is 2. The van der Waals surface area contributed by atoms with Crippen LogP contribution in [0.5, 0.6) is 0 Å². The molecule has 0 aromatic heterocycles. The van der Waals surface area contributed by atoms with Crippen molar-refractivity contribution >= 4 is 41.0 Å². The van der Waals surface area contributed by atoms with Crippen LogP contribution < -0.4 is 5.32 Å². The van der Waals surface area contributed by atoms with Gasteiger partial charge in [-0.3, -0.25) is 24.1 Å². The van der Waals surface area contributed by atoms with E-state index in [0.717, 1.165) is 11.0 Å². The van der Waals surface area contributed by atoms with Crippen molar-refractivity contribution < 1.29 is 28.3 Å². The van der Waals surface area contributed by atoms with E-state index >= 15 is 0 Å². The molecule has 0 bridgehead atoms. The molecule has 0 radical (unpaired) electrons. The Morgan fingerprint density at radius 2 is 1.70 bits per heavy atom. The maximum absolute atomic E-state index is 13.1. The number of rotatable bonds is 5. The molecule has 1 N–H and O–H groups in total. The molecule has 1 aliphatic heterocycles. The molecule has 3 rings (SSSR count). The fourth-order valence-corrected chi connectivity index (χ4v) is 2.66. The van der Waals surface area contributed by atoms with Crippen LogP contribution in [0.2, 0.25) is 5.02 Å². The van der Waals surface area contributed by atoms with E-state index in [1.807, 2.05) is 0 Å². The molecule has 0 spiro atoms. The average molecular weight is 391 g/mol. The van der Waals surface area contributed by atoms with Crippen LogP contribution in [0.15, 0.2) is 42.5 Å². The maximum atomic E-state index is 13.1. The number of carbonyl (C=O) groups is 4. The molecule has 2 aromatic carbocycles. The van der Waals surface area contributed by atoms with E-state index in [1.54, 1.807) is 12.1 Å². The summed E-state index contributed by atoms with van der Waals surface area (Å²) < 4.78 is 17.9. The summed E-state index contributed by atoms with van der Waals surface area (Å²) in [6.45, 7) is -1.25. The van der Waals surface area contributed by atoms with Gasteiger partial charge < -0.3 is 10.1 Å². The van der Waals surface area contributed by atoms with Crippen LogP contribution in [0.1, 0.15) is 20.7 Å². The zero-order valence-electron chi connectivity index (χ0n) is 13.7. The van der Waals surface area contributed by atoms with Crippen molar-refractivity contribution in [2.45, 2.75) is 0 Å². The number of benzene rings is 2. The molecule has 0 atom stereocenters. The quantitative estimate of drug-likeness (QED) is 0.624. The van der Waals surface area contributed by atoms with Crippen LogP contribution in [0.3, 0.4) is 0 Å². The van der Waals surface area contributed by atoms with Crippen LogP contribution in [0, 0.1) is 5.82 Å². The molecule has 0 unspecified atom stereocenters. The molecule has 27 heavy (non-hydrogen) atoms. The van der Waals surface area contributed by atoms with Crippen LogP contribution >= 0.6 is 11.6 Å². The third kappa shape index (κ3) is 3.95. The lowest BCUT2D eigenvalue weighted by Crippen LogP contribution is -2.36. The summed E-state index contributed by atoms with van der Waals surface area (Å²) in [4.78, 5) is 48.7. The molecular formula is C18H12ClFN2O5. The number of nitrogens with zero attached hydrogens (tertiary/aromatic N) is 1. The summed E-state index contributed by atoms with van der Waals surface area (Å²) in [5.74, 6) is -3.44. The Morgan fingerprint density at radius 3 is 2.30 bits per heavy atom. The Morgan fingerprint density at radius 1 is 1.07 bits per heavy atom. The Hall–Kier alpha value is -3.26. The van der Waals surface area contributed by atoms with Gasteiger partial charge in [0.2, 0.25) is 0 Å². The van der Waals surface area contributed by atoms with E-state index < -0.39 is 42.7 Å². The van der Waals surface area contributed by atoms with Gasteiger partial charge in [-0.15, -0.1) is 0 Å². The lowest BCUT2D eigenvalue weighted by Gasteiger charge is -2.13. The molecule has 0 saturated carbocycles. The number of hydrogen-bond acceptors (Lipinski definition) is 5. The Labute approximate surface area is 157 Å². The largest absolute Gasteiger partial charge is 0.454 e. The van der Waals surface area contributed by atoms with Gasteiger partial charge in [-0.2, -0.15) is 0 Å². The summed E-state index contributed by atoms with van der Waals surface area (Å²) in [7, 11) is 0. The number of nitrogens with one attached hydrogen (secondary N) is 1. The number of fused-ring (bicyclic) bond motifs is 1. The third-order valence-corrected chi connectivity index (χ3v) is 4.02. The van der Waals surface area contributed by atoms with Crippen molar-refractivity contribution in [2.24, 2.45) is 0 Å². The second kappa shape index (κ2) is 7.55. The third-order valence-electron chi connectivity index (χ3n) is 3.73. The summed E-state index contributed by atoms with van der Waals surface area (Å²) >= 11 is 5.60. The molecular weight excluding hydrogens is 379 g/mol. The van der Waals surface area contributed by atoms with Gasteiger partial charge in [-0.05, 0) is 30.3 Å². The van der Waals surface area contributed by atoms with Crippen LogP contribution in [0.25, 0.3) is 0 Å². The SMILES string of the molecule is O=C(COC(=O)CN1C(=O)c2ccccc2C1=O)Nc1ccc(F)c(Cl)c1. The van der Waals surface area contributed by atoms with Crippen molar-refractivity contribution in [3.8, 4) is 0 Å². The highest BCUT2D eigenvalue weighted by Gasteiger charge is 2.36. The first kappa shape index (κ1) is 18.5. The van der Waals surface area contributed by atoms with Crippen LogP contribution in [-0.4, -0.2) is 41.7 Å². The molecule has 0 fully saturated rings. The van der Waals surface area contributed by atoms with E-state index in [2.05, 4.69) is 5.32 Å². The zero-order valence-corrected chi connectivity index (χ0v) is 14.5. The van der Waals surface area contributed by atoms with E-state index in [0.29, 0.717) is 0 Å². The molecule has 3 amide bonds. The summed E-state index contributed by atoms with van der Waals surface area (Å²) in [5.41, 5.74) is 0.644. The van der Waals surface area contributed by atoms with Crippen LogP contribution in [-0.2, 0) is 14.3 Å². The van der Waals surface area contributed by atoms with Gasteiger partial charge in [0.05, 0.1) is 16.1 Å². The minimum Gasteiger partial charge on any atom is -0.454 e. The van der Waals surface area contributed by atoms with Crippen LogP contribution in [0.4, 0.5) is 10.1 Å². The summed E-state index contributed by atoms with van der Waals surface area (Å²) in [6, 6.07) is 9.77. The second-order valence-corrected chi connectivity index (χ2v) is 5.99. The van der Waals surface area contributed by atoms with Gasteiger partial charge in [-0.25, -0.2) is 4.39 Å².